The van der Waals surface area contributed by atoms with Crippen LogP contribution in [0.1, 0.15) is 19.3 Å². The Morgan fingerprint density at radius 1 is 1.50 bits per heavy atom. The van der Waals surface area contributed by atoms with Crippen molar-refractivity contribution in [2.75, 3.05) is 13.1 Å². The van der Waals surface area contributed by atoms with E-state index in [0.717, 1.165) is 19.4 Å². The minimum absolute atomic E-state index is 0. The van der Waals surface area contributed by atoms with Crippen molar-refractivity contribution in [1.29, 1.82) is 0 Å². The Labute approximate surface area is 54.8 Å². The summed E-state index contributed by atoms with van der Waals surface area (Å²) in [6, 6.07) is 1.36. The molecule has 0 saturated carbocycles. The summed E-state index contributed by atoms with van der Waals surface area (Å²) in [5, 5.41) is 0. The van der Waals surface area contributed by atoms with Gasteiger partial charge in [-0.25, -0.2) is 10.4 Å². The van der Waals surface area contributed by atoms with Gasteiger partial charge in [0, 0.05) is 0 Å². The summed E-state index contributed by atoms with van der Waals surface area (Å²) in [5.74, 6) is 0. The zero-order valence-electron chi connectivity index (χ0n) is 5.71. The van der Waals surface area contributed by atoms with Crippen molar-refractivity contribution in [3.05, 3.63) is 6.04 Å². The number of hydrogen-bond acceptors (Lipinski definition) is 1. The summed E-state index contributed by atoms with van der Waals surface area (Å²) in [5.41, 5.74) is 0. The van der Waals surface area contributed by atoms with E-state index in [1.54, 1.807) is 0 Å². The van der Waals surface area contributed by atoms with Gasteiger partial charge >= 0.3 is 0 Å². The molecule has 0 aromatic carbocycles. The molecule has 0 radical (unpaired) electrons. The third kappa shape index (κ3) is 0.838. The number of halogens is 1. The Hall–Kier alpha value is -1.11. The van der Waals surface area contributed by atoms with Gasteiger partial charge in [0.15, 0.2) is 0 Å². The van der Waals surface area contributed by atoms with Crippen LogP contribution in [0, 0.1) is 6.04 Å². The Morgan fingerprint density at radius 3 is 3.00 bits per heavy atom. The standard InChI is InChI=1S/C7H11FN.No/c8-6-4-7-2-1-3-9(7)5-6;/h6H,1-5H2;/q-1;. The van der Waals surface area contributed by atoms with E-state index in [0.29, 0.717) is 6.54 Å². The van der Waals surface area contributed by atoms with Gasteiger partial charge in [-0.15, -0.1) is 6.42 Å². The molecule has 0 aromatic rings. The molecular formula is C7H11FNNo-. The van der Waals surface area contributed by atoms with Crippen molar-refractivity contribution in [2.45, 2.75) is 25.4 Å². The Balaban J connectivity index is 0.000000500. The van der Waals surface area contributed by atoms with E-state index in [2.05, 4.69) is 4.90 Å². The van der Waals surface area contributed by atoms with E-state index < -0.39 is 6.17 Å². The van der Waals surface area contributed by atoms with E-state index >= 15 is 0 Å². The van der Waals surface area contributed by atoms with Crippen LogP contribution in [0.25, 0.3) is 0 Å². The minimum Gasteiger partial charge on any atom is -0.451 e. The summed E-state index contributed by atoms with van der Waals surface area (Å²) in [7, 11) is 0. The number of rotatable bonds is 0. The van der Waals surface area contributed by atoms with Crippen LogP contribution >= 0.6 is 0 Å². The fourth-order valence-electron chi connectivity index (χ4n) is 1.80. The molecule has 0 aliphatic carbocycles. The predicted octanol–water partition coefficient (Wildman–Crippen LogP) is 1.36. The molecule has 0 aromatic heterocycles. The van der Waals surface area contributed by atoms with Crippen molar-refractivity contribution in [2.24, 2.45) is 0 Å². The van der Waals surface area contributed by atoms with Crippen LogP contribution < -0.4 is 0 Å². The molecule has 0 amide bonds. The second kappa shape index (κ2) is 2.25. The monoisotopic (exact) mass is 387 g/mol. The number of nitrogens with zero attached hydrogens (tertiary/aromatic N) is 1. The molecule has 2 saturated heterocycles. The molecule has 66 valence electrons. The predicted molar refractivity (Wildman–Crippen MR) is 33.6 cm³/mol. The molecule has 2 fully saturated rings. The number of hydrogen-bond donors (Lipinski definition) is 0. The third-order valence-electron chi connectivity index (χ3n) is 2.22. The average molecular weight is 387 g/mol. The Morgan fingerprint density at radius 2 is 2.30 bits per heavy atom. The van der Waals surface area contributed by atoms with Gasteiger partial charge in [0.25, 0.3) is 0 Å². The summed E-state index contributed by atoms with van der Waals surface area (Å²) < 4.78 is 12.6. The quantitative estimate of drug-likeness (QED) is 0.568. The van der Waals surface area contributed by atoms with E-state index in [1.807, 2.05) is 0 Å². The van der Waals surface area contributed by atoms with E-state index in [-0.39, 0.29) is 0 Å². The van der Waals surface area contributed by atoms with E-state index in [1.165, 1.54) is 12.5 Å². The summed E-state index contributed by atoms with van der Waals surface area (Å²) in [6.45, 7) is 1.78. The van der Waals surface area contributed by atoms with Crippen LogP contribution in [0.3, 0.4) is 0 Å². The normalized spacial score (nSPS) is 33.9. The summed E-state index contributed by atoms with van der Waals surface area (Å²) in [6.07, 6.45) is 2.57. The van der Waals surface area contributed by atoms with Gasteiger partial charge in [-0.3, -0.25) is 0 Å². The van der Waals surface area contributed by atoms with Crippen LogP contribution in [-0.4, -0.2) is 24.2 Å². The number of alkyl halides is 1. The average Bonchev–Trinajstić information content (AvgIpc) is 2.22. The zero-order valence-corrected chi connectivity index (χ0v) is 7.93. The summed E-state index contributed by atoms with van der Waals surface area (Å²) in [4.78, 5) is 2.20. The van der Waals surface area contributed by atoms with Crippen molar-refractivity contribution in [3.63, 3.8) is 0 Å². The molecule has 0 spiro atoms. The van der Waals surface area contributed by atoms with Gasteiger partial charge in [-0.2, -0.15) is 6.42 Å². The minimum atomic E-state index is -0.555. The molecule has 2 aliphatic rings. The maximum atomic E-state index is 12.6. The second-order valence-corrected chi connectivity index (χ2v) is 2.92. The first-order valence-corrected chi connectivity index (χ1v) is 3.60. The molecule has 2 rings (SSSR count). The van der Waals surface area contributed by atoms with Crippen molar-refractivity contribution < 1.29 is 4.39 Å². The number of fused-ring (bicyclic) bond motifs is 1. The van der Waals surface area contributed by atoms with Gasteiger partial charge in [0.1, 0.15) is 0 Å². The molecular weight excluding hydrogens is 376 g/mol. The van der Waals surface area contributed by atoms with Crippen molar-refractivity contribution in [1.82, 2.24) is 4.90 Å². The Kier molecular flexibility index (Phi) is 1.58. The van der Waals surface area contributed by atoms with Gasteiger partial charge in [0.2, 0.25) is 0 Å². The first-order valence-electron chi connectivity index (χ1n) is 3.60. The second-order valence-electron chi connectivity index (χ2n) is 2.92. The van der Waals surface area contributed by atoms with Crippen LogP contribution in [0.2, 0.25) is 0 Å². The van der Waals surface area contributed by atoms with Crippen molar-refractivity contribution in [3.8, 4) is 0 Å². The van der Waals surface area contributed by atoms with Crippen LogP contribution in [0.4, 0.5) is 4.39 Å². The van der Waals surface area contributed by atoms with Crippen LogP contribution in [0.5, 0.6) is 0 Å². The molecule has 1 unspecified atom stereocenters. The maximum absolute atomic E-state index is 12.6. The first kappa shape index (κ1) is 7.00. The summed E-state index contributed by atoms with van der Waals surface area (Å²) >= 11 is 0. The molecule has 3 heteroatoms. The SMILES string of the molecule is FC1C[C-]2CCCN2C1.[No]. The van der Waals surface area contributed by atoms with Gasteiger partial charge in [-0.05, 0) is 13.1 Å². The topological polar surface area (TPSA) is 3.24 Å². The zero-order chi connectivity index (χ0) is 6.27. The molecule has 0 bridgehead atoms. The smallest absolute Gasteiger partial charge is 0.0849 e. The van der Waals surface area contributed by atoms with Crippen LogP contribution in [0.15, 0.2) is 0 Å². The van der Waals surface area contributed by atoms with Gasteiger partial charge in [0.05, 0.1) is 6.17 Å². The van der Waals surface area contributed by atoms with Gasteiger partial charge in [-0.1, -0.05) is 6.42 Å². The maximum Gasteiger partial charge on any atom is 0.0849 e. The van der Waals surface area contributed by atoms with E-state index in [9.17, 15) is 4.39 Å². The molecule has 2 aliphatic heterocycles. The van der Waals surface area contributed by atoms with E-state index in [4.69, 9.17) is 0 Å². The molecule has 2 heterocycles. The molecule has 0 N–H and O–H groups in total. The molecule has 1 nitrogen and oxygen atoms in total. The first-order chi connectivity index (χ1) is 4.36. The largest absolute Gasteiger partial charge is 0.451 e. The molecule has 10 heavy (non-hydrogen) atoms. The van der Waals surface area contributed by atoms with Crippen LogP contribution in [-0.2, 0) is 0 Å². The third-order valence-corrected chi connectivity index (χ3v) is 2.22. The molecule has 1 atom stereocenters. The van der Waals surface area contributed by atoms with Gasteiger partial charge < -0.3 is 4.90 Å². The van der Waals surface area contributed by atoms with Crippen molar-refractivity contribution >= 4 is 0 Å². The fraction of sp³-hybridized carbons (Fsp3) is 0.857. The Bertz CT molecular complexity index is 108. The fourth-order valence-corrected chi connectivity index (χ4v) is 1.80.